The van der Waals surface area contributed by atoms with Crippen molar-refractivity contribution in [2.45, 2.75) is 0 Å². The number of aromatic nitrogens is 1. The molecular weight excluding hydrogens is 351 g/mol. The van der Waals surface area contributed by atoms with E-state index in [1.54, 1.807) is 0 Å². The largest absolute Gasteiger partial charge is 0.361 e. The fourth-order valence-electron chi connectivity index (χ4n) is 1.95. The molecule has 0 aliphatic carbocycles. The standard InChI is InChI=1S/C15H11IN2O/c16-12-3-1-2-4-13(12)18-15(19)11-6-5-10-7-8-17-14(10)9-11/h1-9,17H,(H,18,19). The second-order valence-electron chi connectivity index (χ2n) is 4.21. The third-order valence-corrected chi connectivity index (χ3v) is 3.88. The molecule has 3 nitrogen and oxygen atoms in total. The van der Waals surface area contributed by atoms with Crippen LogP contribution < -0.4 is 5.32 Å². The van der Waals surface area contributed by atoms with Gasteiger partial charge in [0.15, 0.2) is 0 Å². The molecule has 1 aromatic heterocycles. The van der Waals surface area contributed by atoms with Crippen molar-refractivity contribution < 1.29 is 4.79 Å². The van der Waals surface area contributed by atoms with Crippen molar-refractivity contribution in [2.24, 2.45) is 0 Å². The number of H-pyrrole nitrogens is 1. The number of fused-ring (bicyclic) bond motifs is 1. The normalized spacial score (nSPS) is 10.6. The highest BCUT2D eigenvalue weighted by atomic mass is 127. The molecule has 2 N–H and O–H groups in total. The molecule has 3 rings (SSSR count). The minimum Gasteiger partial charge on any atom is -0.361 e. The number of halogens is 1. The second-order valence-corrected chi connectivity index (χ2v) is 5.38. The van der Waals surface area contributed by atoms with Gasteiger partial charge in [-0.15, -0.1) is 0 Å². The van der Waals surface area contributed by atoms with Gasteiger partial charge in [0.25, 0.3) is 5.91 Å². The smallest absolute Gasteiger partial charge is 0.255 e. The van der Waals surface area contributed by atoms with Gasteiger partial charge < -0.3 is 10.3 Å². The predicted octanol–water partition coefficient (Wildman–Crippen LogP) is 4.02. The van der Waals surface area contributed by atoms with Crippen molar-refractivity contribution in [3.05, 3.63) is 63.9 Å². The van der Waals surface area contributed by atoms with Crippen LogP contribution in [0.25, 0.3) is 10.9 Å². The van der Waals surface area contributed by atoms with E-state index in [9.17, 15) is 4.79 Å². The molecule has 0 saturated carbocycles. The van der Waals surface area contributed by atoms with Crippen LogP contribution in [0.15, 0.2) is 54.7 Å². The molecule has 4 heteroatoms. The van der Waals surface area contributed by atoms with E-state index in [1.807, 2.05) is 54.7 Å². The van der Waals surface area contributed by atoms with Gasteiger partial charge in [-0.05, 0) is 58.3 Å². The van der Waals surface area contributed by atoms with Gasteiger partial charge in [0.2, 0.25) is 0 Å². The Kier molecular flexibility index (Phi) is 3.25. The highest BCUT2D eigenvalue weighted by Gasteiger charge is 2.08. The molecule has 0 atom stereocenters. The molecule has 0 fully saturated rings. The van der Waals surface area contributed by atoms with Gasteiger partial charge in [-0.1, -0.05) is 18.2 Å². The minimum absolute atomic E-state index is 0.0967. The lowest BCUT2D eigenvalue weighted by Gasteiger charge is -2.07. The van der Waals surface area contributed by atoms with Crippen LogP contribution in [0.5, 0.6) is 0 Å². The Morgan fingerprint density at radius 3 is 2.79 bits per heavy atom. The van der Waals surface area contributed by atoms with Crippen LogP contribution in [-0.4, -0.2) is 10.9 Å². The summed E-state index contributed by atoms with van der Waals surface area (Å²) in [4.78, 5) is 15.3. The summed E-state index contributed by atoms with van der Waals surface area (Å²) in [6.45, 7) is 0. The van der Waals surface area contributed by atoms with Crippen molar-refractivity contribution in [1.29, 1.82) is 0 Å². The van der Waals surface area contributed by atoms with E-state index in [0.717, 1.165) is 20.2 Å². The summed E-state index contributed by atoms with van der Waals surface area (Å²) < 4.78 is 1.02. The quantitative estimate of drug-likeness (QED) is 0.665. The average Bonchev–Trinajstić information content (AvgIpc) is 2.88. The molecule has 0 spiro atoms. The number of hydrogen-bond acceptors (Lipinski definition) is 1. The van der Waals surface area contributed by atoms with Gasteiger partial charge in [0.05, 0.1) is 5.69 Å². The summed E-state index contributed by atoms with van der Waals surface area (Å²) >= 11 is 2.21. The first-order chi connectivity index (χ1) is 9.24. The Hall–Kier alpha value is -1.82. The van der Waals surface area contributed by atoms with Crippen LogP contribution >= 0.6 is 22.6 Å². The van der Waals surface area contributed by atoms with E-state index < -0.39 is 0 Å². The SMILES string of the molecule is O=C(Nc1ccccc1I)c1ccc2cc[nH]c2c1. The molecule has 1 amide bonds. The molecule has 94 valence electrons. The maximum atomic E-state index is 12.2. The summed E-state index contributed by atoms with van der Waals surface area (Å²) in [6.07, 6.45) is 1.87. The molecule has 1 heterocycles. The van der Waals surface area contributed by atoms with Crippen molar-refractivity contribution in [2.75, 3.05) is 5.32 Å². The first-order valence-electron chi connectivity index (χ1n) is 5.87. The lowest BCUT2D eigenvalue weighted by atomic mass is 10.1. The number of hydrogen-bond donors (Lipinski definition) is 2. The van der Waals surface area contributed by atoms with Gasteiger partial charge >= 0.3 is 0 Å². The molecule has 2 aromatic carbocycles. The average molecular weight is 362 g/mol. The number of amides is 1. The molecular formula is C15H11IN2O. The lowest BCUT2D eigenvalue weighted by Crippen LogP contribution is -2.12. The number of anilines is 1. The maximum Gasteiger partial charge on any atom is 0.255 e. The Morgan fingerprint density at radius 1 is 1.11 bits per heavy atom. The van der Waals surface area contributed by atoms with E-state index in [2.05, 4.69) is 32.9 Å². The zero-order chi connectivity index (χ0) is 13.2. The Morgan fingerprint density at radius 2 is 1.95 bits per heavy atom. The topological polar surface area (TPSA) is 44.9 Å². The Balaban J connectivity index is 1.89. The number of aromatic amines is 1. The fourth-order valence-corrected chi connectivity index (χ4v) is 2.47. The monoisotopic (exact) mass is 362 g/mol. The number of nitrogens with one attached hydrogen (secondary N) is 2. The Labute approximate surface area is 124 Å². The number of carbonyl (C=O) groups excluding carboxylic acids is 1. The predicted molar refractivity (Wildman–Crippen MR) is 85.4 cm³/mol. The van der Waals surface area contributed by atoms with Crippen molar-refractivity contribution in [1.82, 2.24) is 4.98 Å². The van der Waals surface area contributed by atoms with Crippen LogP contribution in [0.2, 0.25) is 0 Å². The van der Waals surface area contributed by atoms with E-state index in [0.29, 0.717) is 5.56 Å². The first kappa shape index (κ1) is 12.2. The van der Waals surface area contributed by atoms with E-state index in [-0.39, 0.29) is 5.91 Å². The first-order valence-corrected chi connectivity index (χ1v) is 6.95. The van der Waals surface area contributed by atoms with Crippen molar-refractivity contribution in [3.8, 4) is 0 Å². The van der Waals surface area contributed by atoms with Crippen molar-refractivity contribution >= 4 is 45.1 Å². The summed E-state index contributed by atoms with van der Waals surface area (Å²) in [7, 11) is 0. The second kappa shape index (κ2) is 5.05. The van der Waals surface area contributed by atoms with Gasteiger partial charge in [0.1, 0.15) is 0 Å². The molecule has 0 radical (unpaired) electrons. The van der Waals surface area contributed by atoms with E-state index in [1.165, 1.54) is 0 Å². The third-order valence-electron chi connectivity index (χ3n) is 2.94. The molecule has 0 aliphatic heterocycles. The van der Waals surface area contributed by atoms with Crippen LogP contribution in [0.3, 0.4) is 0 Å². The number of para-hydroxylation sites is 1. The van der Waals surface area contributed by atoms with Gasteiger partial charge in [0, 0.05) is 20.8 Å². The molecule has 19 heavy (non-hydrogen) atoms. The third kappa shape index (κ3) is 2.49. The van der Waals surface area contributed by atoms with Crippen LogP contribution in [0.1, 0.15) is 10.4 Å². The molecule has 0 bridgehead atoms. The van der Waals surface area contributed by atoms with Crippen LogP contribution in [0.4, 0.5) is 5.69 Å². The molecule has 0 saturated heterocycles. The molecule has 3 aromatic rings. The van der Waals surface area contributed by atoms with Gasteiger partial charge in [-0.2, -0.15) is 0 Å². The van der Waals surface area contributed by atoms with Crippen molar-refractivity contribution in [3.63, 3.8) is 0 Å². The van der Waals surface area contributed by atoms with Gasteiger partial charge in [-0.25, -0.2) is 0 Å². The summed E-state index contributed by atoms with van der Waals surface area (Å²) in [5.41, 5.74) is 2.45. The Bertz CT molecular complexity index is 748. The highest BCUT2D eigenvalue weighted by molar-refractivity contribution is 14.1. The summed E-state index contributed by atoms with van der Waals surface area (Å²) in [6, 6.07) is 15.3. The number of benzene rings is 2. The maximum absolute atomic E-state index is 12.2. The van der Waals surface area contributed by atoms with Gasteiger partial charge in [-0.3, -0.25) is 4.79 Å². The number of rotatable bonds is 2. The van der Waals surface area contributed by atoms with E-state index >= 15 is 0 Å². The highest BCUT2D eigenvalue weighted by Crippen LogP contribution is 2.19. The zero-order valence-corrected chi connectivity index (χ0v) is 12.1. The minimum atomic E-state index is -0.0967. The molecule has 0 unspecified atom stereocenters. The van der Waals surface area contributed by atoms with Crippen LogP contribution in [-0.2, 0) is 0 Å². The summed E-state index contributed by atoms with van der Waals surface area (Å²) in [5, 5.41) is 4.03. The van der Waals surface area contributed by atoms with E-state index in [4.69, 9.17) is 0 Å². The zero-order valence-electron chi connectivity index (χ0n) is 9.98. The van der Waals surface area contributed by atoms with Crippen LogP contribution in [0, 0.1) is 3.57 Å². The fraction of sp³-hybridized carbons (Fsp3) is 0. The summed E-state index contributed by atoms with van der Waals surface area (Å²) in [5.74, 6) is -0.0967. The lowest BCUT2D eigenvalue weighted by molar-refractivity contribution is 0.102. The number of carbonyl (C=O) groups is 1. The molecule has 0 aliphatic rings.